The second-order valence-electron chi connectivity index (χ2n) is 4.33. The first-order valence-electron chi connectivity index (χ1n) is 6.19. The van der Waals surface area contributed by atoms with E-state index in [0.29, 0.717) is 17.4 Å². The van der Waals surface area contributed by atoms with Gasteiger partial charge in [0.25, 0.3) is 10.0 Å². The highest BCUT2D eigenvalue weighted by Gasteiger charge is 2.26. The third kappa shape index (κ3) is 4.25. The molecule has 0 fully saturated rings. The molecule has 0 aromatic carbocycles. The fourth-order valence-electron chi connectivity index (χ4n) is 1.57. The predicted octanol–water partition coefficient (Wildman–Crippen LogP) is 1.51. The Kier molecular flexibility index (Phi) is 6.41. The SMILES string of the molecule is CCNCc1ccc(S(=O)(=O)N(C)C(C)COC)s1. The highest BCUT2D eigenvalue weighted by Crippen LogP contribution is 2.25. The van der Waals surface area contributed by atoms with Crippen LogP contribution in [0.2, 0.25) is 0 Å². The number of nitrogens with zero attached hydrogens (tertiary/aromatic N) is 1. The second kappa shape index (κ2) is 7.35. The van der Waals surface area contributed by atoms with Crippen LogP contribution in [0.5, 0.6) is 0 Å². The van der Waals surface area contributed by atoms with Gasteiger partial charge in [-0.05, 0) is 25.6 Å². The first kappa shape index (κ1) is 16.6. The zero-order chi connectivity index (χ0) is 14.5. The van der Waals surface area contributed by atoms with Crippen molar-refractivity contribution in [1.82, 2.24) is 9.62 Å². The van der Waals surface area contributed by atoms with Crippen LogP contribution in [0.25, 0.3) is 0 Å². The topological polar surface area (TPSA) is 58.6 Å². The van der Waals surface area contributed by atoms with Crippen molar-refractivity contribution in [1.29, 1.82) is 0 Å². The molecular weight excluding hydrogens is 284 g/mol. The smallest absolute Gasteiger partial charge is 0.252 e. The number of ether oxygens (including phenoxy) is 1. The molecule has 19 heavy (non-hydrogen) atoms. The number of sulfonamides is 1. The molecule has 1 aromatic heterocycles. The summed E-state index contributed by atoms with van der Waals surface area (Å²) in [7, 11) is -0.268. The van der Waals surface area contributed by atoms with Crippen molar-refractivity contribution < 1.29 is 13.2 Å². The summed E-state index contributed by atoms with van der Waals surface area (Å²) in [4.78, 5) is 1.02. The lowest BCUT2D eigenvalue weighted by atomic mass is 10.4. The van der Waals surface area contributed by atoms with Gasteiger partial charge in [0.2, 0.25) is 0 Å². The Morgan fingerprint density at radius 2 is 2.16 bits per heavy atom. The molecule has 1 aromatic rings. The summed E-state index contributed by atoms with van der Waals surface area (Å²) < 4.78 is 31.5. The molecule has 0 amide bonds. The van der Waals surface area contributed by atoms with Crippen LogP contribution in [0.4, 0.5) is 0 Å². The fourth-order valence-corrected chi connectivity index (χ4v) is 4.42. The quantitative estimate of drug-likeness (QED) is 0.791. The highest BCUT2D eigenvalue weighted by atomic mass is 32.2. The van der Waals surface area contributed by atoms with E-state index >= 15 is 0 Å². The van der Waals surface area contributed by atoms with Gasteiger partial charge in [0.05, 0.1) is 6.61 Å². The van der Waals surface area contributed by atoms with Crippen molar-refractivity contribution in [3.8, 4) is 0 Å². The van der Waals surface area contributed by atoms with Gasteiger partial charge in [-0.2, -0.15) is 4.31 Å². The van der Waals surface area contributed by atoms with Gasteiger partial charge in [0.15, 0.2) is 0 Å². The van der Waals surface area contributed by atoms with Crippen LogP contribution in [0.3, 0.4) is 0 Å². The van der Waals surface area contributed by atoms with E-state index in [-0.39, 0.29) is 6.04 Å². The number of hydrogen-bond donors (Lipinski definition) is 1. The third-order valence-corrected chi connectivity index (χ3v) is 6.37. The van der Waals surface area contributed by atoms with Crippen molar-refractivity contribution in [3.63, 3.8) is 0 Å². The summed E-state index contributed by atoms with van der Waals surface area (Å²) in [6.07, 6.45) is 0. The Hall–Kier alpha value is -0.470. The molecule has 110 valence electrons. The standard InChI is InChI=1S/C12H22N2O3S2/c1-5-13-8-11-6-7-12(18-11)19(15,16)14(3)10(2)9-17-4/h6-7,10,13H,5,8-9H2,1-4H3. The summed E-state index contributed by atoms with van der Waals surface area (Å²) in [5.41, 5.74) is 0. The number of methoxy groups -OCH3 is 1. The maximum absolute atomic E-state index is 12.4. The summed E-state index contributed by atoms with van der Waals surface area (Å²) in [5.74, 6) is 0. The summed E-state index contributed by atoms with van der Waals surface area (Å²) in [6, 6.07) is 3.34. The molecule has 0 spiro atoms. The van der Waals surface area contributed by atoms with E-state index in [4.69, 9.17) is 4.74 Å². The normalized spacial score (nSPS) is 13.9. The number of likely N-dealkylation sites (N-methyl/N-ethyl adjacent to an activating group) is 1. The van der Waals surface area contributed by atoms with Crippen LogP contribution >= 0.6 is 11.3 Å². The molecule has 1 unspecified atom stereocenters. The van der Waals surface area contributed by atoms with Gasteiger partial charge in [-0.1, -0.05) is 6.92 Å². The molecule has 0 radical (unpaired) electrons. The number of rotatable bonds is 8. The average molecular weight is 306 g/mol. The first-order valence-corrected chi connectivity index (χ1v) is 8.45. The van der Waals surface area contributed by atoms with Crippen LogP contribution < -0.4 is 5.32 Å². The first-order chi connectivity index (χ1) is 8.93. The van der Waals surface area contributed by atoms with E-state index in [1.54, 1.807) is 20.2 Å². The Balaban J connectivity index is 2.84. The van der Waals surface area contributed by atoms with Crippen LogP contribution in [-0.4, -0.2) is 46.1 Å². The summed E-state index contributed by atoms with van der Waals surface area (Å²) in [5, 5.41) is 3.18. The van der Waals surface area contributed by atoms with Gasteiger partial charge in [0, 0.05) is 31.6 Å². The lowest BCUT2D eigenvalue weighted by molar-refractivity contribution is 0.149. The number of nitrogens with one attached hydrogen (secondary N) is 1. The minimum atomic E-state index is -3.42. The number of thiophene rings is 1. The zero-order valence-electron chi connectivity index (χ0n) is 11.8. The van der Waals surface area contributed by atoms with E-state index in [2.05, 4.69) is 5.32 Å². The molecule has 0 saturated heterocycles. The average Bonchev–Trinajstić information content (AvgIpc) is 2.85. The maximum Gasteiger partial charge on any atom is 0.252 e. The van der Waals surface area contributed by atoms with E-state index in [0.717, 1.165) is 11.4 Å². The van der Waals surface area contributed by atoms with Gasteiger partial charge in [-0.25, -0.2) is 8.42 Å². The zero-order valence-corrected chi connectivity index (χ0v) is 13.5. The molecule has 1 rings (SSSR count). The molecule has 1 N–H and O–H groups in total. The largest absolute Gasteiger partial charge is 0.383 e. The van der Waals surface area contributed by atoms with Gasteiger partial charge >= 0.3 is 0 Å². The monoisotopic (exact) mass is 306 g/mol. The fraction of sp³-hybridized carbons (Fsp3) is 0.667. The Morgan fingerprint density at radius 1 is 1.47 bits per heavy atom. The maximum atomic E-state index is 12.4. The molecule has 5 nitrogen and oxygen atoms in total. The van der Waals surface area contributed by atoms with Crippen LogP contribution in [0.15, 0.2) is 16.3 Å². The molecule has 0 aliphatic heterocycles. The summed E-state index contributed by atoms with van der Waals surface area (Å²) >= 11 is 1.31. The lowest BCUT2D eigenvalue weighted by Gasteiger charge is -2.22. The molecule has 0 saturated carbocycles. The van der Waals surface area contributed by atoms with Crippen molar-refractivity contribution in [2.24, 2.45) is 0 Å². The van der Waals surface area contributed by atoms with Crippen molar-refractivity contribution in [3.05, 3.63) is 17.0 Å². The van der Waals surface area contributed by atoms with E-state index in [9.17, 15) is 8.42 Å². The Bertz CT molecular complexity index is 485. The number of hydrogen-bond acceptors (Lipinski definition) is 5. The molecular formula is C12H22N2O3S2. The molecule has 7 heteroatoms. The van der Waals surface area contributed by atoms with E-state index in [1.807, 2.05) is 19.9 Å². The van der Waals surface area contributed by atoms with Gasteiger partial charge in [-0.3, -0.25) is 0 Å². The van der Waals surface area contributed by atoms with Gasteiger partial charge in [-0.15, -0.1) is 11.3 Å². The second-order valence-corrected chi connectivity index (χ2v) is 7.72. The highest BCUT2D eigenvalue weighted by molar-refractivity contribution is 7.91. The van der Waals surface area contributed by atoms with Crippen LogP contribution in [0.1, 0.15) is 18.7 Å². The summed E-state index contributed by atoms with van der Waals surface area (Å²) in [6.45, 7) is 5.80. The van der Waals surface area contributed by atoms with Crippen molar-refractivity contribution in [2.45, 2.75) is 30.6 Å². The molecule has 0 aliphatic carbocycles. The Labute approximate surface area is 119 Å². The van der Waals surface area contributed by atoms with E-state index in [1.165, 1.54) is 15.6 Å². The van der Waals surface area contributed by atoms with Crippen LogP contribution in [0, 0.1) is 0 Å². The Morgan fingerprint density at radius 3 is 2.74 bits per heavy atom. The third-order valence-electron chi connectivity index (χ3n) is 2.85. The minimum Gasteiger partial charge on any atom is -0.383 e. The van der Waals surface area contributed by atoms with Gasteiger partial charge < -0.3 is 10.1 Å². The van der Waals surface area contributed by atoms with Crippen molar-refractivity contribution >= 4 is 21.4 Å². The molecule has 0 bridgehead atoms. The minimum absolute atomic E-state index is 0.186. The molecule has 0 aliphatic rings. The van der Waals surface area contributed by atoms with Gasteiger partial charge in [0.1, 0.15) is 4.21 Å². The molecule has 1 atom stereocenters. The lowest BCUT2D eigenvalue weighted by Crippen LogP contribution is -2.37. The van der Waals surface area contributed by atoms with E-state index < -0.39 is 10.0 Å². The van der Waals surface area contributed by atoms with Crippen molar-refractivity contribution in [2.75, 3.05) is 27.3 Å². The molecule has 1 heterocycles. The van der Waals surface area contributed by atoms with Crippen LogP contribution in [-0.2, 0) is 21.3 Å². The predicted molar refractivity (Wildman–Crippen MR) is 78.0 cm³/mol.